The molecule has 3 rings (SSSR count). The minimum Gasteiger partial charge on any atom is -0.454 e. The van der Waals surface area contributed by atoms with Crippen molar-refractivity contribution >= 4 is 5.91 Å². The van der Waals surface area contributed by atoms with Crippen LogP contribution in [0.5, 0.6) is 11.5 Å². The highest BCUT2D eigenvalue weighted by Crippen LogP contribution is 2.26. The van der Waals surface area contributed by atoms with Crippen LogP contribution in [0.4, 0.5) is 8.78 Å². The Morgan fingerprint density at radius 3 is 2.18 bits per heavy atom. The van der Waals surface area contributed by atoms with Gasteiger partial charge in [-0.05, 0) is 55.5 Å². The maximum Gasteiger partial charge on any atom is 0.220 e. The number of ether oxygens (including phenoxy) is 3. The molecule has 8 atom stereocenters. The standard InChI is InChI=1S/C36H53F2NO10/c1-2-11-28(41)32(43)27(22-47-36-35(46)34(45)33(44)30(21-40)49-36)39-31(42)13-10-8-6-4-3-5-7-9-12-23-14-17-25(18-15-23)48-29-19-16-24(37)20-26(29)38/h14-20,27-28,30,32-36,40-41,43-46H,2-13,21-22H2,1H3,(H,39,42)/t27-,28+,30?,32-,33-,34?,35?,36-/m0/s1. The van der Waals surface area contributed by atoms with E-state index in [9.17, 15) is 44.2 Å². The molecule has 0 bridgehead atoms. The van der Waals surface area contributed by atoms with Crippen molar-refractivity contribution in [1.29, 1.82) is 0 Å². The second-order valence-electron chi connectivity index (χ2n) is 12.7. The van der Waals surface area contributed by atoms with Crippen molar-refractivity contribution in [3.05, 3.63) is 59.7 Å². The summed E-state index contributed by atoms with van der Waals surface area (Å²) in [4.78, 5) is 12.7. The van der Waals surface area contributed by atoms with Crippen LogP contribution in [0.1, 0.15) is 83.1 Å². The molecule has 1 saturated heterocycles. The summed E-state index contributed by atoms with van der Waals surface area (Å²) >= 11 is 0. The number of amides is 1. The van der Waals surface area contributed by atoms with E-state index in [2.05, 4.69) is 5.32 Å². The Labute approximate surface area is 286 Å². The molecule has 0 saturated carbocycles. The molecule has 1 fully saturated rings. The van der Waals surface area contributed by atoms with Gasteiger partial charge in [0.05, 0.1) is 25.4 Å². The molecule has 49 heavy (non-hydrogen) atoms. The van der Waals surface area contributed by atoms with Gasteiger partial charge in [-0.15, -0.1) is 0 Å². The summed E-state index contributed by atoms with van der Waals surface area (Å²) in [5, 5.41) is 63.4. The molecule has 7 N–H and O–H groups in total. The van der Waals surface area contributed by atoms with E-state index in [1.54, 1.807) is 12.1 Å². The molecule has 1 aliphatic heterocycles. The van der Waals surface area contributed by atoms with Crippen molar-refractivity contribution in [2.24, 2.45) is 0 Å². The highest BCUT2D eigenvalue weighted by atomic mass is 19.1. The first kappa shape index (κ1) is 40.7. The molecular weight excluding hydrogens is 644 g/mol. The predicted octanol–water partition coefficient (Wildman–Crippen LogP) is 3.63. The fourth-order valence-corrected chi connectivity index (χ4v) is 5.73. The summed E-state index contributed by atoms with van der Waals surface area (Å²) in [5.74, 6) is -1.28. The molecule has 276 valence electrons. The zero-order chi connectivity index (χ0) is 35.8. The van der Waals surface area contributed by atoms with Gasteiger partial charge < -0.3 is 50.2 Å². The van der Waals surface area contributed by atoms with Gasteiger partial charge in [-0.2, -0.15) is 0 Å². The number of carbonyl (C=O) groups is 1. The van der Waals surface area contributed by atoms with Crippen LogP contribution in [0.3, 0.4) is 0 Å². The SMILES string of the molecule is CCC[C@@H](O)[C@@H](O)[C@H](CO[C@H]1OC(CO)[C@H](O)C(O)C1O)NC(=O)CCCCCCCCCCc1ccc(Oc2ccc(F)cc2F)cc1. The quantitative estimate of drug-likeness (QED) is 0.0900. The third kappa shape index (κ3) is 13.5. The summed E-state index contributed by atoms with van der Waals surface area (Å²) in [6.07, 6.45) is -0.0383. The first-order valence-corrected chi connectivity index (χ1v) is 17.3. The minimum atomic E-state index is -1.63. The lowest BCUT2D eigenvalue weighted by Gasteiger charge is -2.40. The minimum absolute atomic E-state index is 0.0254. The molecule has 0 aromatic heterocycles. The number of unbranched alkanes of at least 4 members (excludes halogenated alkanes) is 7. The van der Waals surface area contributed by atoms with Crippen LogP contribution in [0.2, 0.25) is 0 Å². The summed E-state index contributed by atoms with van der Waals surface area (Å²) < 4.78 is 43.3. The molecule has 1 heterocycles. The number of nitrogens with one attached hydrogen (secondary N) is 1. The molecule has 0 aliphatic carbocycles. The number of hydrogen-bond acceptors (Lipinski definition) is 10. The van der Waals surface area contributed by atoms with E-state index in [0.29, 0.717) is 25.0 Å². The Morgan fingerprint density at radius 2 is 1.55 bits per heavy atom. The smallest absolute Gasteiger partial charge is 0.220 e. The molecule has 1 aliphatic rings. The summed E-state index contributed by atoms with van der Waals surface area (Å²) in [6, 6.07) is 9.59. The van der Waals surface area contributed by atoms with Crippen LogP contribution in [-0.2, 0) is 20.7 Å². The normalized spacial score (nSPS) is 22.8. The largest absolute Gasteiger partial charge is 0.454 e. The van der Waals surface area contributed by atoms with E-state index >= 15 is 0 Å². The lowest BCUT2D eigenvalue weighted by atomic mass is 9.99. The highest BCUT2D eigenvalue weighted by molar-refractivity contribution is 5.76. The number of hydrogen-bond donors (Lipinski definition) is 7. The maximum absolute atomic E-state index is 13.8. The van der Waals surface area contributed by atoms with Gasteiger partial charge in [-0.25, -0.2) is 8.78 Å². The van der Waals surface area contributed by atoms with E-state index < -0.39 is 67.2 Å². The lowest BCUT2D eigenvalue weighted by Crippen LogP contribution is -2.60. The third-order valence-corrected chi connectivity index (χ3v) is 8.69. The van der Waals surface area contributed by atoms with Gasteiger partial charge in [0, 0.05) is 12.5 Å². The molecule has 0 radical (unpaired) electrons. The van der Waals surface area contributed by atoms with Gasteiger partial charge in [-0.1, -0.05) is 64.0 Å². The predicted molar refractivity (Wildman–Crippen MR) is 177 cm³/mol. The Balaban J connectivity index is 1.29. The zero-order valence-electron chi connectivity index (χ0n) is 28.1. The summed E-state index contributed by atoms with van der Waals surface area (Å²) in [7, 11) is 0. The topological polar surface area (TPSA) is 178 Å². The fourth-order valence-electron chi connectivity index (χ4n) is 5.73. The van der Waals surface area contributed by atoms with Crippen molar-refractivity contribution in [3.8, 4) is 11.5 Å². The average Bonchev–Trinajstić information content (AvgIpc) is 3.08. The van der Waals surface area contributed by atoms with Crippen LogP contribution >= 0.6 is 0 Å². The molecule has 13 heteroatoms. The van der Waals surface area contributed by atoms with Crippen molar-refractivity contribution < 1.29 is 58.4 Å². The zero-order valence-corrected chi connectivity index (χ0v) is 28.1. The van der Waals surface area contributed by atoms with E-state index in [1.165, 1.54) is 6.07 Å². The number of aliphatic hydroxyl groups is 6. The number of carbonyl (C=O) groups excluding carboxylic acids is 1. The van der Waals surface area contributed by atoms with Gasteiger partial charge >= 0.3 is 0 Å². The molecule has 3 unspecified atom stereocenters. The molecule has 1 amide bonds. The third-order valence-electron chi connectivity index (χ3n) is 8.69. The lowest BCUT2D eigenvalue weighted by molar-refractivity contribution is -0.303. The van der Waals surface area contributed by atoms with Crippen LogP contribution in [0, 0.1) is 11.6 Å². The van der Waals surface area contributed by atoms with Crippen molar-refractivity contribution in [1.82, 2.24) is 5.32 Å². The summed E-state index contributed by atoms with van der Waals surface area (Å²) in [5.41, 5.74) is 1.15. The number of aryl methyl sites for hydroxylation is 1. The van der Waals surface area contributed by atoms with Crippen molar-refractivity contribution in [2.45, 2.75) is 133 Å². The number of halogens is 2. The van der Waals surface area contributed by atoms with E-state index in [4.69, 9.17) is 14.2 Å². The molecule has 11 nitrogen and oxygen atoms in total. The Hall–Kier alpha value is -2.75. The second kappa shape index (κ2) is 21.5. The van der Waals surface area contributed by atoms with Crippen molar-refractivity contribution in [3.63, 3.8) is 0 Å². The van der Waals surface area contributed by atoms with Crippen LogP contribution < -0.4 is 10.1 Å². The molecular formula is C36H53F2NO10. The first-order valence-electron chi connectivity index (χ1n) is 17.3. The van der Waals surface area contributed by atoms with Gasteiger partial charge in [-0.3, -0.25) is 4.79 Å². The van der Waals surface area contributed by atoms with E-state index in [1.807, 2.05) is 19.1 Å². The average molecular weight is 698 g/mol. The number of aliphatic hydroxyl groups excluding tert-OH is 6. The van der Waals surface area contributed by atoms with Gasteiger partial charge in [0.2, 0.25) is 5.91 Å². The van der Waals surface area contributed by atoms with E-state index in [0.717, 1.165) is 69.1 Å². The van der Waals surface area contributed by atoms with Crippen LogP contribution in [0.15, 0.2) is 42.5 Å². The van der Waals surface area contributed by atoms with Crippen LogP contribution in [0.25, 0.3) is 0 Å². The Bertz CT molecular complexity index is 1240. The van der Waals surface area contributed by atoms with Crippen LogP contribution in [-0.4, -0.2) is 98.7 Å². The monoisotopic (exact) mass is 697 g/mol. The number of rotatable bonds is 22. The first-order chi connectivity index (χ1) is 23.5. The van der Waals surface area contributed by atoms with Gasteiger partial charge in [0.25, 0.3) is 0 Å². The number of benzene rings is 2. The van der Waals surface area contributed by atoms with Gasteiger partial charge in [0.15, 0.2) is 17.9 Å². The molecule has 2 aromatic rings. The highest BCUT2D eigenvalue weighted by Gasteiger charge is 2.44. The van der Waals surface area contributed by atoms with E-state index in [-0.39, 0.29) is 24.7 Å². The van der Waals surface area contributed by atoms with Gasteiger partial charge in [0.1, 0.15) is 42.1 Å². The Kier molecular flexibility index (Phi) is 17.8. The molecule has 0 spiro atoms. The fraction of sp³-hybridized carbons (Fsp3) is 0.639. The summed E-state index contributed by atoms with van der Waals surface area (Å²) in [6.45, 7) is 0.868. The maximum atomic E-state index is 13.8. The molecule has 2 aromatic carbocycles. The Morgan fingerprint density at radius 1 is 0.898 bits per heavy atom. The van der Waals surface area contributed by atoms with Crippen molar-refractivity contribution in [2.75, 3.05) is 13.2 Å². The second-order valence-corrected chi connectivity index (χ2v) is 12.7.